The number of imidazole rings is 1. The number of amides is 2. The van der Waals surface area contributed by atoms with Gasteiger partial charge in [-0.2, -0.15) is 0 Å². The van der Waals surface area contributed by atoms with Gasteiger partial charge in [-0.05, 0) is 49.6 Å². The first-order valence-electron chi connectivity index (χ1n) is 10.8. The van der Waals surface area contributed by atoms with Crippen molar-refractivity contribution in [3.63, 3.8) is 0 Å². The summed E-state index contributed by atoms with van der Waals surface area (Å²) in [5, 5.41) is 0.320. The number of likely N-dealkylation sites (tertiary alicyclic amines) is 1. The maximum Gasteiger partial charge on any atom is 0.265 e. The van der Waals surface area contributed by atoms with Crippen LogP contribution in [0, 0.1) is 0 Å². The normalized spacial score (nSPS) is 18.6. The van der Waals surface area contributed by atoms with Crippen LogP contribution >= 0.6 is 11.6 Å². The number of anilines is 1. The maximum absolute atomic E-state index is 13.2. The molecular weight excluding hydrogens is 428 g/mol. The van der Waals surface area contributed by atoms with Crippen LogP contribution in [0.15, 0.2) is 54.7 Å². The fraction of sp³-hybridized carbons (Fsp3) is 0.292. The molecule has 1 unspecified atom stereocenters. The van der Waals surface area contributed by atoms with Crippen LogP contribution in [0.3, 0.4) is 0 Å². The number of pyridine rings is 1. The highest BCUT2D eigenvalue weighted by Gasteiger charge is 2.35. The fourth-order valence-electron chi connectivity index (χ4n) is 4.27. The van der Waals surface area contributed by atoms with Crippen LogP contribution < -0.4 is 9.64 Å². The lowest BCUT2D eigenvalue weighted by Gasteiger charge is -2.37. The minimum absolute atomic E-state index is 0.0641. The molecule has 2 amide bonds. The Morgan fingerprint density at radius 2 is 1.84 bits per heavy atom. The van der Waals surface area contributed by atoms with Crippen molar-refractivity contribution in [1.29, 1.82) is 0 Å². The Balaban J connectivity index is 1.42. The molecule has 0 aliphatic carbocycles. The predicted octanol–water partition coefficient (Wildman–Crippen LogP) is 3.81. The third kappa shape index (κ3) is 3.84. The molecule has 0 spiro atoms. The highest BCUT2D eigenvalue weighted by Crippen LogP contribution is 2.34. The van der Waals surface area contributed by atoms with Gasteiger partial charge in [0.2, 0.25) is 0 Å². The van der Waals surface area contributed by atoms with E-state index in [4.69, 9.17) is 16.3 Å². The van der Waals surface area contributed by atoms with Gasteiger partial charge in [0, 0.05) is 25.4 Å². The summed E-state index contributed by atoms with van der Waals surface area (Å²) in [5.74, 6) is 0.216. The standard InChI is InChI=1S/C24H23ClN4O3/c25-23-18(28-15-7-4-10-21(28)26-23)11-12-22(30)29-16-20(24(31)27-13-5-1-6-14-27)32-19-9-3-2-8-17(19)29/h2-4,7-12,15,20H,1,5-6,13-14,16H2. The molecule has 0 radical (unpaired) electrons. The van der Waals surface area contributed by atoms with Gasteiger partial charge in [0.05, 0.1) is 17.9 Å². The molecule has 1 fully saturated rings. The maximum atomic E-state index is 13.2. The van der Waals surface area contributed by atoms with Gasteiger partial charge >= 0.3 is 0 Å². The zero-order valence-electron chi connectivity index (χ0n) is 17.5. The fourth-order valence-corrected chi connectivity index (χ4v) is 4.51. The van der Waals surface area contributed by atoms with Crippen molar-refractivity contribution < 1.29 is 14.3 Å². The Hall–Kier alpha value is -3.32. The van der Waals surface area contributed by atoms with E-state index in [1.807, 2.05) is 51.9 Å². The van der Waals surface area contributed by atoms with Gasteiger partial charge < -0.3 is 14.5 Å². The van der Waals surface area contributed by atoms with Crippen molar-refractivity contribution in [2.45, 2.75) is 25.4 Å². The lowest BCUT2D eigenvalue weighted by atomic mass is 10.1. The highest BCUT2D eigenvalue weighted by molar-refractivity contribution is 6.31. The number of nitrogens with zero attached hydrogens (tertiary/aromatic N) is 4. The summed E-state index contributed by atoms with van der Waals surface area (Å²) in [6.07, 6.45) is 7.38. The predicted molar refractivity (Wildman–Crippen MR) is 123 cm³/mol. The lowest BCUT2D eigenvalue weighted by molar-refractivity contribution is -0.139. The Kier molecular flexibility index (Phi) is 5.57. The number of hydrogen-bond donors (Lipinski definition) is 0. The van der Waals surface area contributed by atoms with Gasteiger partial charge in [0.15, 0.2) is 11.3 Å². The second-order valence-corrected chi connectivity index (χ2v) is 8.32. The number of ether oxygens (including phenoxy) is 1. The molecule has 1 saturated heterocycles. The quantitative estimate of drug-likeness (QED) is 0.569. The summed E-state index contributed by atoms with van der Waals surface area (Å²) in [7, 11) is 0. The monoisotopic (exact) mass is 450 g/mol. The first-order chi connectivity index (χ1) is 15.6. The Labute approximate surface area is 190 Å². The molecule has 1 aromatic carbocycles. The first kappa shape index (κ1) is 20.6. The zero-order valence-corrected chi connectivity index (χ0v) is 18.2. The lowest BCUT2D eigenvalue weighted by Crippen LogP contribution is -2.52. The van der Waals surface area contributed by atoms with Crippen molar-refractivity contribution in [2.24, 2.45) is 0 Å². The van der Waals surface area contributed by atoms with E-state index in [2.05, 4.69) is 4.98 Å². The van der Waals surface area contributed by atoms with Gasteiger partial charge in [-0.15, -0.1) is 0 Å². The molecule has 0 N–H and O–H groups in total. The highest BCUT2D eigenvalue weighted by atomic mass is 35.5. The minimum Gasteiger partial charge on any atom is -0.476 e. The molecule has 0 saturated carbocycles. The molecule has 2 aliphatic rings. The number of halogens is 1. The number of benzene rings is 1. The van der Waals surface area contributed by atoms with E-state index in [-0.39, 0.29) is 18.4 Å². The molecule has 4 heterocycles. The number of fused-ring (bicyclic) bond motifs is 2. The third-order valence-electron chi connectivity index (χ3n) is 5.89. The van der Waals surface area contributed by atoms with E-state index >= 15 is 0 Å². The number of piperidine rings is 1. The van der Waals surface area contributed by atoms with E-state index < -0.39 is 6.10 Å². The molecular formula is C24H23ClN4O3. The third-order valence-corrected chi connectivity index (χ3v) is 6.17. The molecule has 0 bridgehead atoms. The topological polar surface area (TPSA) is 67.2 Å². The number of carbonyl (C=O) groups is 2. The van der Waals surface area contributed by atoms with Crippen LogP contribution in [-0.2, 0) is 9.59 Å². The van der Waals surface area contributed by atoms with Gasteiger partial charge in [0.1, 0.15) is 11.4 Å². The van der Waals surface area contributed by atoms with E-state index in [0.29, 0.717) is 27.9 Å². The van der Waals surface area contributed by atoms with Crippen molar-refractivity contribution in [3.8, 4) is 5.75 Å². The molecule has 3 aromatic rings. The SMILES string of the molecule is O=C(C1CN(C(=O)C=Cc2c(Cl)nc3ccccn23)c2ccccc2O1)N1CCCCC1. The van der Waals surface area contributed by atoms with Crippen LogP contribution in [0.2, 0.25) is 5.15 Å². The summed E-state index contributed by atoms with van der Waals surface area (Å²) in [5.41, 5.74) is 1.97. The van der Waals surface area contributed by atoms with Crippen molar-refractivity contribution in [1.82, 2.24) is 14.3 Å². The summed E-state index contributed by atoms with van der Waals surface area (Å²) in [4.78, 5) is 34.1. The average molecular weight is 451 g/mol. The van der Waals surface area contributed by atoms with Crippen LogP contribution in [-0.4, -0.2) is 51.8 Å². The van der Waals surface area contributed by atoms with Gasteiger partial charge in [0.25, 0.3) is 11.8 Å². The summed E-state index contributed by atoms with van der Waals surface area (Å²) >= 11 is 6.29. The molecule has 164 valence electrons. The van der Waals surface area contributed by atoms with Crippen LogP contribution in [0.25, 0.3) is 11.7 Å². The summed E-state index contributed by atoms with van der Waals surface area (Å²) < 4.78 is 7.83. The van der Waals surface area contributed by atoms with E-state index in [1.165, 1.54) is 6.08 Å². The Morgan fingerprint density at radius 3 is 2.69 bits per heavy atom. The van der Waals surface area contributed by atoms with E-state index in [9.17, 15) is 9.59 Å². The molecule has 1 atom stereocenters. The zero-order chi connectivity index (χ0) is 22.1. The Bertz CT molecular complexity index is 1200. The average Bonchev–Trinajstić information content (AvgIpc) is 3.16. The second-order valence-electron chi connectivity index (χ2n) is 7.96. The molecule has 7 nitrogen and oxygen atoms in total. The molecule has 32 heavy (non-hydrogen) atoms. The summed E-state index contributed by atoms with van der Waals surface area (Å²) in [6.45, 7) is 1.64. The molecule has 2 aromatic heterocycles. The van der Waals surface area contributed by atoms with Crippen LogP contribution in [0.4, 0.5) is 5.69 Å². The number of carbonyl (C=O) groups excluding carboxylic acids is 2. The largest absolute Gasteiger partial charge is 0.476 e. The van der Waals surface area contributed by atoms with E-state index in [1.54, 1.807) is 17.0 Å². The number of hydrogen-bond acceptors (Lipinski definition) is 4. The molecule has 5 rings (SSSR count). The minimum atomic E-state index is -0.722. The van der Waals surface area contributed by atoms with Crippen LogP contribution in [0.5, 0.6) is 5.75 Å². The smallest absolute Gasteiger partial charge is 0.265 e. The Morgan fingerprint density at radius 1 is 1.06 bits per heavy atom. The van der Waals surface area contributed by atoms with E-state index in [0.717, 1.165) is 32.4 Å². The molecule has 8 heteroatoms. The van der Waals surface area contributed by atoms with Crippen molar-refractivity contribution in [2.75, 3.05) is 24.5 Å². The molecule has 2 aliphatic heterocycles. The van der Waals surface area contributed by atoms with Gasteiger partial charge in [-0.3, -0.25) is 14.0 Å². The summed E-state index contributed by atoms with van der Waals surface area (Å²) in [6, 6.07) is 12.9. The van der Waals surface area contributed by atoms with Crippen LogP contribution in [0.1, 0.15) is 25.0 Å². The number of para-hydroxylation sites is 2. The number of aromatic nitrogens is 2. The van der Waals surface area contributed by atoms with Gasteiger partial charge in [-0.25, -0.2) is 4.98 Å². The number of rotatable bonds is 3. The second kappa shape index (κ2) is 8.67. The van der Waals surface area contributed by atoms with Gasteiger partial charge in [-0.1, -0.05) is 29.8 Å². The first-order valence-corrected chi connectivity index (χ1v) is 11.2. The van der Waals surface area contributed by atoms with Crippen molar-refractivity contribution >= 4 is 40.8 Å². The van der Waals surface area contributed by atoms with Crippen molar-refractivity contribution in [3.05, 3.63) is 65.6 Å².